The lowest BCUT2D eigenvalue weighted by Crippen LogP contribution is -2.23. The normalized spacial score (nSPS) is 10.6. The largest absolute Gasteiger partial charge is 0.352 e. The first kappa shape index (κ1) is 13.0. The van der Waals surface area contributed by atoms with Crippen molar-refractivity contribution in [1.29, 1.82) is 0 Å². The summed E-state index contributed by atoms with van der Waals surface area (Å²) in [6, 6.07) is 4.43. The second kappa shape index (κ2) is 5.85. The van der Waals surface area contributed by atoms with Crippen LogP contribution in [0.25, 0.3) is 0 Å². The van der Waals surface area contributed by atoms with Crippen LogP contribution in [0.2, 0.25) is 5.02 Å². The van der Waals surface area contributed by atoms with Crippen molar-refractivity contribution in [2.24, 2.45) is 5.92 Å². The second-order valence-electron chi connectivity index (χ2n) is 4.12. The van der Waals surface area contributed by atoms with Crippen LogP contribution < -0.4 is 5.32 Å². The average Bonchev–Trinajstić information content (AvgIpc) is 2.19. The van der Waals surface area contributed by atoms with Crippen molar-refractivity contribution < 1.29 is 9.18 Å². The summed E-state index contributed by atoms with van der Waals surface area (Å²) in [7, 11) is 0. The molecule has 88 valence electrons. The molecule has 0 radical (unpaired) electrons. The molecule has 0 heterocycles. The third-order valence-corrected chi connectivity index (χ3v) is 2.36. The Bertz CT molecular complexity index is 379. The van der Waals surface area contributed by atoms with E-state index in [4.69, 9.17) is 11.6 Å². The molecule has 0 aliphatic heterocycles. The molecule has 0 unspecified atom stereocenters. The first-order chi connectivity index (χ1) is 7.49. The molecule has 0 bridgehead atoms. The Kier molecular flexibility index (Phi) is 4.74. The Balaban J connectivity index is 2.48. The van der Waals surface area contributed by atoms with E-state index in [2.05, 4.69) is 5.32 Å². The molecule has 1 aromatic carbocycles. The van der Waals surface area contributed by atoms with Gasteiger partial charge in [0.2, 0.25) is 5.91 Å². The summed E-state index contributed by atoms with van der Waals surface area (Å²) >= 11 is 5.63. The quantitative estimate of drug-likeness (QED) is 0.865. The Morgan fingerprint density at radius 1 is 1.50 bits per heavy atom. The van der Waals surface area contributed by atoms with Crippen molar-refractivity contribution in [3.63, 3.8) is 0 Å². The molecule has 2 nitrogen and oxygen atoms in total. The molecule has 1 aromatic rings. The molecular weight excluding hydrogens is 229 g/mol. The standard InChI is InChI=1S/C12H15ClFNO/c1-8(2)5-12(16)15-7-9-3-4-11(14)10(13)6-9/h3-4,6,8H,5,7H2,1-2H3,(H,15,16). The zero-order valence-electron chi connectivity index (χ0n) is 9.39. The smallest absolute Gasteiger partial charge is 0.220 e. The summed E-state index contributed by atoms with van der Waals surface area (Å²) < 4.78 is 12.9. The van der Waals surface area contributed by atoms with Crippen LogP contribution in [-0.4, -0.2) is 5.91 Å². The minimum absolute atomic E-state index is 0.00422. The SMILES string of the molecule is CC(C)CC(=O)NCc1ccc(F)c(Cl)c1. The topological polar surface area (TPSA) is 29.1 Å². The van der Waals surface area contributed by atoms with Gasteiger partial charge in [-0.25, -0.2) is 4.39 Å². The number of hydrogen-bond acceptors (Lipinski definition) is 1. The summed E-state index contributed by atoms with van der Waals surface area (Å²) in [4.78, 5) is 11.4. The monoisotopic (exact) mass is 243 g/mol. The Morgan fingerprint density at radius 2 is 2.19 bits per heavy atom. The van der Waals surface area contributed by atoms with Crippen LogP contribution in [0.1, 0.15) is 25.8 Å². The van der Waals surface area contributed by atoms with Crippen molar-refractivity contribution in [2.45, 2.75) is 26.8 Å². The van der Waals surface area contributed by atoms with Gasteiger partial charge in [-0.1, -0.05) is 31.5 Å². The number of benzene rings is 1. The maximum Gasteiger partial charge on any atom is 0.220 e. The van der Waals surface area contributed by atoms with E-state index in [1.807, 2.05) is 13.8 Å². The Morgan fingerprint density at radius 3 is 2.75 bits per heavy atom. The van der Waals surface area contributed by atoms with Gasteiger partial charge in [-0.15, -0.1) is 0 Å². The van der Waals surface area contributed by atoms with E-state index in [1.54, 1.807) is 6.07 Å². The van der Waals surface area contributed by atoms with E-state index in [1.165, 1.54) is 12.1 Å². The van der Waals surface area contributed by atoms with Crippen LogP contribution in [0.15, 0.2) is 18.2 Å². The van der Waals surface area contributed by atoms with Gasteiger partial charge in [0.1, 0.15) is 5.82 Å². The number of amides is 1. The summed E-state index contributed by atoms with van der Waals surface area (Å²) in [6.07, 6.45) is 0.495. The molecule has 1 rings (SSSR count). The van der Waals surface area contributed by atoms with Crippen LogP contribution in [0, 0.1) is 11.7 Å². The van der Waals surface area contributed by atoms with Gasteiger partial charge in [0.05, 0.1) is 5.02 Å². The number of rotatable bonds is 4. The maximum atomic E-state index is 12.9. The van der Waals surface area contributed by atoms with E-state index in [0.717, 1.165) is 5.56 Å². The van der Waals surface area contributed by atoms with E-state index >= 15 is 0 Å². The summed E-state index contributed by atoms with van der Waals surface area (Å²) in [6.45, 7) is 4.34. The van der Waals surface area contributed by atoms with Crippen LogP contribution in [-0.2, 0) is 11.3 Å². The van der Waals surface area contributed by atoms with E-state index in [9.17, 15) is 9.18 Å². The first-order valence-corrected chi connectivity index (χ1v) is 5.57. The predicted octanol–water partition coefficient (Wildman–Crippen LogP) is 3.14. The molecule has 1 amide bonds. The number of carbonyl (C=O) groups is 1. The summed E-state index contributed by atoms with van der Waals surface area (Å²) in [5.74, 6) is -0.119. The molecule has 4 heteroatoms. The fourth-order valence-electron chi connectivity index (χ4n) is 1.29. The zero-order valence-corrected chi connectivity index (χ0v) is 10.1. The fourth-order valence-corrected chi connectivity index (χ4v) is 1.50. The number of hydrogen-bond donors (Lipinski definition) is 1. The van der Waals surface area contributed by atoms with Gasteiger partial charge in [-0.05, 0) is 23.6 Å². The zero-order chi connectivity index (χ0) is 12.1. The van der Waals surface area contributed by atoms with Gasteiger partial charge >= 0.3 is 0 Å². The van der Waals surface area contributed by atoms with Crippen LogP contribution in [0.4, 0.5) is 4.39 Å². The Labute approximate surface area is 99.8 Å². The van der Waals surface area contributed by atoms with Gasteiger partial charge in [0.15, 0.2) is 0 Å². The lowest BCUT2D eigenvalue weighted by atomic mass is 10.1. The third kappa shape index (κ3) is 4.19. The van der Waals surface area contributed by atoms with Gasteiger partial charge in [-0.3, -0.25) is 4.79 Å². The lowest BCUT2D eigenvalue weighted by molar-refractivity contribution is -0.121. The van der Waals surface area contributed by atoms with E-state index < -0.39 is 5.82 Å². The molecule has 0 aliphatic rings. The van der Waals surface area contributed by atoms with E-state index in [-0.39, 0.29) is 10.9 Å². The highest BCUT2D eigenvalue weighted by Gasteiger charge is 2.05. The maximum absolute atomic E-state index is 12.9. The van der Waals surface area contributed by atoms with Crippen molar-refractivity contribution in [1.82, 2.24) is 5.32 Å². The minimum Gasteiger partial charge on any atom is -0.352 e. The molecule has 16 heavy (non-hydrogen) atoms. The third-order valence-electron chi connectivity index (χ3n) is 2.07. The van der Waals surface area contributed by atoms with Crippen molar-refractivity contribution in [3.8, 4) is 0 Å². The average molecular weight is 244 g/mol. The van der Waals surface area contributed by atoms with Gasteiger partial charge < -0.3 is 5.32 Å². The van der Waals surface area contributed by atoms with Crippen LogP contribution in [0.5, 0.6) is 0 Å². The molecule has 0 fully saturated rings. The molecule has 0 atom stereocenters. The first-order valence-electron chi connectivity index (χ1n) is 5.19. The van der Waals surface area contributed by atoms with Crippen LogP contribution >= 0.6 is 11.6 Å². The number of nitrogens with one attached hydrogen (secondary N) is 1. The highest BCUT2D eigenvalue weighted by Crippen LogP contribution is 2.15. The summed E-state index contributed by atoms with van der Waals surface area (Å²) in [5, 5.41) is 2.84. The second-order valence-corrected chi connectivity index (χ2v) is 4.53. The molecule has 0 saturated heterocycles. The van der Waals surface area contributed by atoms with Gasteiger partial charge in [-0.2, -0.15) is 0 Å². The van der Waals surface area contributed by atoms with Gasteiger partial charge in [0.25, 0.3) is 0 Å². The lowest BCUT2D eigenvalue weighted by Gasteiger charge is -2.07. The summed E-state index contributed by atoms with van der Waals surface area (Å²) in [5.41, 5.74) is 0.795. The van der Waals surface area contributed by atoms with E-state index in [0.29, 0.717) is 18.9 Å². The molecule has 0 aliphatic carbocycles. The van der Waals surface area contributed by atoms with Crippen molar-refractivity contribution in [3.05, 3.63) is 34.6 Å². The number of halogens is 2. The van der Waals surface area contributed by atoms with Crippen molar-refractivity contribution >= 4 is 17.5 Å². The highest BCUT2D eigenvalue weighted by molar-refractivity contribution is 6.30. The number of carbonyl (C=O) groups excluding carboxylic acids is 1. The predicted molar refractivity (Wildman–Crippen MR) is 62.7 cm³/mol. The fraction of sp³-hybridized carbons (Fsp3) is 0.417. The highest BCUT2D eigenvalue weighted by atomic mass is 35.5. The molecule has 0 aromatic heterocycles. The molecule has 0 spiro atoms. The Hall–Kier alpha value is -1.09. The molecule has 1 N–H and O–H groups in total. The van der Waals surface area contributed by atoms with Gasteiger partial charge in [0, 0.05) is 13.0 Å². The molecule has 0 saturated carbocycles. The molecular formula is C12H15ClFNO. The minimum atomic E-state index is -0.445. The van der Waals surface area contributed by atoms with Crippen LogP contribution in [0.3, 0.4) is 0 Å². The van der Waals surface area contributed by atoms with Crippen molar-refractivity contribution in [2.75, 3.05) is 0 Å².